The molecule has 168 valence electrons. The van der Waals surface area contributed by atoms with Gasteiger partial charge in [0.05, 0.1) is 16.0 Å². The molecule has 1 aliphatic rings. The molecule has 0 aliphatic carbocycles. The molecule has 1 heterocycles. The molecule has 0 bridgehead atoms. The van der Waals surface area contributed by atoms with Crippen molar-refractivity contribution in [3.63, 3.8) is 0 Å². The average Bonchev–Trinajstić information content (AvgIpc) is 3.00. The number of hydrogen-bond donors (Lipinski definition) is 0. The van der Waals surface area contributed by atoms with E-state index in [-0.39, 0.29) is 17.4 Å². The maximum absolute atomic E-state index is 12.6. The Hall–Kier alpha value is -2.29. The number of esters is 1. The predicted octanol–water partition coefficient (Wildman–Crippen LogP) is 5.92. The number of rotatable bonds is 8. The molecule has 9 heteroatoms. The fraction of sp³-hybridized carbons (Fsp3) is 0.261. The Balaban J connectivity index is 1.65. The molecule has 0 radical (unpaired) electrons. The zero-order chi connectivity index (χ0) is 23.3. The molecule has 1 aliphatic heterocycles. The van der Waals surface area contributed by atoms with Crippen molar-refractivity contribution in [2.24, 2.45) is 5.92 Å². The summed E-state index contributed by atoms with van der Waals surface area (Å²) in [6.07, 6.45) is 1.60. The lowest BCUT2D eigenvalue weighted by Gasteiger charge is -2.12. The molecular weight excluding hydrogens is 518 g/mol. The Kier molecular flexibility index (Phi) is 8.39. The van der Waals surface area contributed by atoms with Gasteiger partial charge >= 0.3 is 5.97 Å². The number of benzene rings is 2. The highest BCUT2D eigenvalue weighted by molar-refractivity contribution is 9.10. The Morgan fingerprint density at radius 3 is 2.66 bits per heavy atom. The van der Waals surface area contributed by atoms with Gasteiger partial charge in [-0.2, -0.15) is 0 Å². The van der Waals surface area contributed by atoms with E-state index in [4.69, 9.17) is 21.1 Å². The zero-order valence-corrected chi connectivity index (χ0v) is 20.6. The van der Waals surface area contributed by atoms with Crippen molar-refractivity contribution in [1.29, 1.82) is 0 Å². The lowest BCUT2D eigenvalue weighted by Crippen LogP contribution is -2.34. The molecule has 1 fully saturated rings. The third-order valence-corrected chi connectivity index (χ3v) is 6.23. The van der Waals surface area contributed by atoms with Crippen molar-refractivity contribution in [2.75, 3.05) is 13.2 Å². The van der Waals surface area contributed by atoms with Crippen LogP contribution in [0.3, 0.4) is 0 Å². The summed E-state index contributed by atoms with van der Waals surface area (Å²) >= 11 is 10.4. The van der Waals surface area contributed by atoms with Crippen LogP contribution in [0.1, 0.15) is 25.0 Å². The van der Waals surface area contributed by atoms with E-state index < -0.39 is 23.7 Å². The molecule has 6 nitrogen and oxygen atoms in total. The van der Waals surface area contributed by atoms with E-state index in [0.717, 1.165) is 22.2 Å². The fourth-order valence-corrected chi connectivity index (χ4v) is 4.26. The minimum Gasteiger partial charge on any atom is -0.488 e. The van der Waals surface area contributed by atoms with Crippen LogP contribution >= 0.6 is 39.3 Å². The third-order valence-electron chi connectivity index (χ3n) is 4.33. The summed E-state index contributed by atoms with van der Waals surface area (Å²) in [5.74, 6) is -0.339. The lowest BCUT2D eigenvalue weighted by atomic mass is 10.2. The van der Waals surface area contributed by atoms with Crippen molar-refractivity contribution >= 4 is 62.5 Å². The minimum absolute atomic E-state index is 0.170. The van der Waals surface area contributed by atoms with Gasteiger partial charge in [-0.05, 0) is 63.4 Å². The Labute approximate surface area is 204 Å². The summed E-state index contributed by atoms with van der Waals surface area (Å²) in [4.78, 5) is 37.8. The third kappa shape index (κ3) is 6.37. The summed E-state index contributed by atoms with van der Waals surface area (Å²) in [5, 5.41) is 0.130. The fourth-order valence-electron chi connectivity index (χ4n) is 2.72. The number of halogens is 2. The van der Waals surface area contributed by atoms with E-state index in [1.165, 1.54) is 0 Å². The standard InChI is InChI=1S/C23H21BrClNO5S/c1-14(2)12-31-21(27)11-26-22(28)20(32-23(26)29)10-15-7-8-19(17(24)9-15)30-13-16-5-3-4-6-18(16)25/h3-10,14H,11-13H2,1-2H3/b20-10+. The van der Waals surface area contributed by atoms with Gasteiger partial charge in [0.1, 0.15) is 18.9 Å². The van der Waals surface area contributed by atoms with Gasteiger partial charge in [-0.25, -0.2) is 0 Å². The van der Waals surface area contributed by atoms with E-state index in [1.807, 2.05) is 32.0 Å². The molecule has 3 rings (SSSR count). The van der Waals surface area contributed by atoms with Crippen LogP contribution in [0.5, 0.6) is 5.75 Å². The molecule has 0 N–H and O–H groups in total. The molecule has 2 amide bonds. The SMILES string of the molecule is CC(C)COC(=O)CN1C(=O)S/C(=C/c2ccc(OCc3ccccc3Cl)c(Br)c2)C1=O. The van der Waals surface area contributed by atoms with Crippen molar-refractivity contribution in [2.45, 2.75) is 20.5 Å². The average molecular weight is 539 g/mol. The van der Waals surface area contributed by atoms with E-state index in [2.05, 4.69) is 15.9 Å². The molecule has 2 aromatic rings. The molecule has 1 saturated heterocycles. The highest BCUT2D eigenvalue weighted by atomic mass is 79.9. The van der Waals surface area contributed by atoms with E-state index in [0.29, 0.717) is 27.4 Å². The number of imide groups is 1. The van der Waals surface area contributed by atoms with Crippen LogP contribution in [0.4, 0.5) is 4.79 Å². The van der Waals surface area contributed by atoms with Gasteiger partial charge in [-0.3, -0.25) is 19.3 Å². The van der Waals surface area contributed by atoms with Gasteiger partial charge in [0.2, 0.25) is 0 Å². The normalized spacial score (nSPS) is 15.0. The minimum atomic E-state index is -0.606. The molecule has 0 unspecified atom stereocenters. The number of carbonyl (C=O) groups excluding carboxylic acids is 3. The number of thioether (sulfide) groups is 1. The first-order chi connectivity index (χ1) is 15.2. The molecule has 0 atom stereocenters. The Morgan fingerprint density at radius 1 is 1.22 bits per heavy atom. The predicted molar refractivity (Wildman–Crippen MR) is 128 cm³/mol. The van der Waals surface area contributed by atoms with Crippen LogP contribution in [-0.4, -0.2) is 35.2 Å². The lowest BCUT2D eigenvalue weighted by molar-refractivity contribution is -0.147. The van der Waals surface area contributed by atoms with Crippen molar-refractivity contribution in [1.82, 2.24) is 4.90 Å². The van der Waals surface area contributed by atoms with Gasteiger partial charge < -0.3 is 9.47 Å². The zero-order valence-electron chi connectivity index (χ0n) is 17.5. The van der Waals surface area contributed by atoms with Crippen LogP contribution < -0.4 is 4.74 Å². The monoisotopic (exact) mass is 537 g/mol. The second-order valence-corrected chi connectivity index (χ2v) is 9.67. The van der Waals surface area contributed by atoms with E-state index in [9.17, 15) is 14.4 Å². The first-order valence-electron chi connectivity index (χ1n) is 9.81. The van der Waals surface area contributed by atoms with Crippen LogP contribution in [0.25, 0.3) is 6.08 Å². The number of carbonyl (C=O) groups is 3. The van der Waals surface area contributed by atoms with E-state index >= 15 is 0 Å². The van der Waals surface area contributed by atoms with E-state index in [1.54, 1.807) is 30.3 Å². The molecule has 0 spiro atoms. The molecule has 2 aromatic carbocycles. The van der Waals surface area contributed by atoms with Crippen LogP contribution in [0.15, 0.2) is 51.8 Å². The summed E-state index contributed by atoms with van der Waals surface area (Å²) in [7, 11) is 0. The highest BCUT2D eigenvalue weighted by Gasteiger charge is 2.36. The molecule has 0 aromatic heterocycles. The van der Waals surface area contributed by atoms with Crippen LogP contribution in [0, 0.1) is 5.92 Å². The largest absolute Gasteiger partial charge is 0.488 e. The van der Waals surface area contributed by atoms with Crippen LogP contribution in [0.2, 0.25) is 5.02 Å². The maximum atomic E-state index is 12.6. The van der Waals surface area contributed by atoms with Gasteiger partial charge in [0, 0.05) is 10.6 Å². The smallest absolute Gasteiger partial charge is 0.326 e. The number of ether oxygens (including phenoxy) is 2. The maximum Gasteiger partial charge on any atom is 0.326 e. The van der Waals surface area contributed by atoms with Crippen LogP contribution in [-0.2, 0) is 20.9 Å². The summed E-state index contributed by atoms with van der Waals surface area (Å²) in [5.41, 5.74) is 1.57. The van der Waals surface area contributed by atoms with Gasteiger partial charge in [0.25, 0.3) is 11.1 Å². The first-order valence-corrected chi connectivity index (χ1v) is 11.8. The summed E-state index contributed by atoms with van der Waals surface area (Å²) in [6, 6.07) is 12.8. The Bertz CT molecular complexity index is 1070. The molecular formula is C23H21BrClNO5S. The molecule has 32 heavy (non-hydrogen) atoms. The van der Waals surface area contributed by atoms with Gasteiger partial charge in [-0.15, -0.1) is 0 Å². The second-order valence-electron chi connectivity index (χ2n) is 7.41. The van der Waals surface area contributed by atoms with Crippen molar-refractivity contribution in [3.05, 3.63) is 68.0 Å². The van der Waals surface area contributed by atoms with Gasteiger partial charge in [0.15, 0.2) is 0 Å². The van der Waals surface area contributed by atoms with Gasteiger partial charge in [-0.1, -0.05) is 49.7 Å². The van der Waals surface area contributed by atoms with Crippen molar-refractivity contribution in [3.8, 4) is 5.75 Å². The first kappa shape index (κ1) is 24.4. The Morgan fingerprint density at radius 2 is 1.97 bits per heavy atom. The summed E-state index contributed by atoms with van der Waals surface area (Å²) < 4.78 is 11.6. The number of nitrogens with zero attached hydrogens (tertiary/aromatic N) is 1. The topological polar surface area (TPSA) is 72.9 Å². The second kappa shape index (κ2) is 11.0. The number of amides is 2. The molecule has 0 saturated carbocycles. The number of hydrogen-bond acceptors (Lipinski definition) is 6. The van der Waals surface area contributed by atoms with Crippen molar-refractivity contribution < 1.29 is 23.9 Å². The quantitative estimate of drug-likeness (QED) is 0.307. The highest BCUT2D eigenvalue weighted by Crippen LogP contribution is 2.34. The summed E-state index contributed by atoms with van der Waals surface area (Å²) in [6.45, 7) is 3.96.